The van der Waals surface area contributed by atoms with E-state index in [1.165, 1.54) is 11.1 Å². The van der Waals surface area contributed by atoms with Crippen molar-refractivity contribution in [3.05, 3.63) is 65.5 Å². The Balaban J connectivity index is 1.65. The summed E-state index contributed by atoms with van der Waals surface area (Å²) in [5.41, 5.74) is 7.86. The number of hydrogen-bond acceptors (Lipinski definition) is 10. The highest BCUT2D eigenvalue weighted by molar-refractivity contribution is 6.06. The fourth-order valence-corrected chi connectivity index (χ4v) is 4.36. The van der Waals surface area contributed by atoms with Crippen molar-refractivity contribution in [2.75, 3.05) is 64.7 Å². The Morgan fingerprint density at radius 3 is 2.40 bits per heavy atom. The van der Waals surface area contributed by atoms with Crippen LogP contribution in [0.4, 0.5) is 16.3 Å². The van der Waals surface area contributed by atoms with E-state index in [-0.39, 0.29) is 37.2 Å². The van der Waals surface area contributed by atoms with Crippen LogP contribution in [0.5, 0.6) is 5.75 Å². The first kappa shape index (κ1) is 33.1. The van der Waals surface area contributed by atoms with Crippen molar-refractivity contribution in [2.24, 2.45) is 0 Å². The van der Waals surface area contributed by atoms with E-state index >= 15 is 0 Å². The number of hydrogen-bond donors (Lipinski definition) is 2. The van der Waals surface area contributed by atoms with Crippen molar-refractivity contribution < 1.29 is 33.3 Å². The van der Waals surface area contributed by atoms with E-state index in [2.05, 4.69) is 15.3 Å². The van der Waals surface area contributed by atoms with E-state index in [1.807, 2.05) is 0 Å². The van der Waals surface area contributed by atoms with Crippen LogP contribution >= 0.6 is 0 Å². The molecule has 45 heavy (non-hydrogen) atoms. The molecule has 2 aliphatic rings. The van der Waals surface area contributed by atoms with E-state index in [4.69, 9.17) is 24.7 Å². The SMILES string of the molecule is CN(Cc1cccc2c1OCCOCCOCCN(C)C(=O)c1ccc(cc1)-c1cnc(N)c(n1)C(=O)N2)C(=O)OC(C)(C)C. The number of rotatable bonds is 2. The van der Waals surface area contributed by atoms with Gasteiger partial charge in [0.25, 0.3) is 11.8 Å². The maximum Gasteiger partial charge on any atom is 0.410 e. The Morgan fingerprint density at radius 2 is 1.69 bits per heavy atom. The van der Waals surface area contributed by atoms with Gasteiger partial charge in [0.2, 0.25) is 0 Å². The van der Waals surface area contributed by atoms with Crippen molar-refractivity contribution in [1.82, 2.24) is 19.8 Å². The van der Waals surface area contributed by atoms with Gasteiger partial charge in [-0.25, -0.2) is 14.8 Å². The smallest absolute Gasteiger partial charge is 0.410 e. The van der Waals surface area contributed by atoms with Crippen LogP contribution in [0.25, 0.3) is 11.3 Å². The third kappa shape index (κ3) is 9.13. The van der Waals surface area contributed by atoms with Crippen LogP contribution in [-0.2, 0) is 20.8 Å². The van der Waals surface area contributed by atoms with E-state index < -0.39 is 17.6 Å². The topological polar surface area (TPSA) is 158 Å². The third-order valence-electron chi connectivity index (χ3n) is 6.66. The van der Waals surface area contributed by atoms with Crippen LogP contribution in [0.2, 0.25) is 0 Å². The summed E-state index contributed by atoms with van der Waals surface area (Å²) in [7, 11) is 3.33. The molecule has 13 heteroatoms. The number of nitrogens with one attached hydrogen (secondary N) is 1. The highest BCUT2D eigenvalue weighted by Gasteiger charge is 2.23. The van der Waals surface area contributed by atoms with Gasteiger partial charge >= 0.3 is 6.09 Å². The zero-order valence-electron chi connectivity index (χ0n) is 26.3. The molecule has 3 amide bonds. The zero-order valence-corrected chi connectivity index (χ0v) is 26.3. The Labute approximate surface area is 262 Å². The van der Waals surface area contributed by atoms with Gasteiger partial charge in [-0.15, -0.1) is 0 Å². The van der Waals surface area contributed by atoms with Gasteiger partial charge in [-0.3, -0.25) is 9.59 Å². The van der Waals surface area contributed by atoms with E-state index in [9.17, 15) is 14.4 Å². The van der Waals surface area contributed by atoms with Crippen molar-refractivity contribution in [2.45, 2.75) is 32.9 Å². The number of fused-ring (bicyclic) bond motifs is 13. The number of nitrogens with zero attached hydrogens (tertiary/aromatic N) is 4. The molecule has 0 aliphatic carbocycles. The zero-order chi connectivity index (χ0) is 32.6. The Bertz CT molecular complexity index is 1510. The number of nitrogen functional groups attached to an aromatic ring is 1. The Hall–Kier alpha value is -4.75. The average molecular weight is 621 g/mol. The van der Waals surface area contributed by atoms with E-state index in [1.54, 1.807) is 82.2 Å². The molecule has 3 N–H and O–H groups in total. The van der Waals surface area contributed by atoms with Crippen LogP contribution in [0.1, 0.15) is 47.2 Å². The van der Waals surface area contributed by atoms with Crippen LogP contribution in [0.15, 0.2) is 48.7 Å². The average Bonchev–Trinajstić information content (AvgIpc) is 2.99. The van der Waals surface area contributed by atoms with Crippen molar-refractivity contribution >= 4 is 29.4 Å². The van der Waals surface area contributed by atoms with Gasteiger partial charge in [0.1, 0.15) is 18.0 Å². The van der Waals surface area contributed by atoms with E-state index in [0.717, 1.165) is 0 Å². The molecule has 3 aromatic rings. The summed E-state index contributed by atoms with van der Waals surface area (Å²) >= 11 is 0. The number of benzene rings is 2. The van der Waals surface area contributed by atoms with Crippen LogP contribution in [0.3, 0.4) is 0 Å². The summed E-state index contributed by atoms with van der Waals surface area (Å²) in [5.74, 6) is -0.458. The normalized spacial score (nSPS) is 15.2. The summed E-state index contributed by atoms with van der Waals surface area (Å²) < 4.78 is 22.9. The minimum atomic E-state index is -0.663. The van der Waals surface area contributed by atoms with Crippen molar-refractivity contribution in [1.29, 1.82) is 0 Å². The molecule has 0 radical (unpaired) electrons. The van der Waals surface area contributed by atoms with Gasteiger partial charge in [-0.1, -0.05) is 24.3 Å². The Kier molecular flexibility index (Phi) is 10.9. The summed E-state index contributed by atoms with van der Waals surface area (Å²) in [4.78, 5) is 50.7. The lowest BCUT2D eigenvalue weighted by Gasteiger charge is -2.25. The van der Waals surface area contributed by atoms with Crippen LogP contribution < -0.4 is 15.8 Å². The number of amides is 3. The molecular formula is C32H40N6O7. The fourth-order valence-electron chi connectivity index (χ4n) is 4.36. The minimum absolute atomic E-state index is 0.0574. The molecule has 1 aromatic heterocycles. The summed E-state index contributed by atoms with van der Waals surface area (Å²) in [5, 5.41) is 2.84. The first-order chi connectivity index (χ1) is 21.4. The molecule has 0 atom stereocenters. The molecule has 13 nitrogen and oxygen atoms in total. The monoisotopic (exact) mass is 620 g/mol. The lowest BCUT2D eigenvalue weighted by atomic mass is 10.1. The number of anilines is 2. The second kappa shape index (κ2) is 14.8. The standard InChI is InChI=1S/C32H40N6O7/c1-32(2,3)45-31(41)38(5)20-23-7-6-8-24-27(23)44-18-17-43-16-15-42-14-13-37(4)30(40)22-11-9-21(10-12-22)25-19-34-28(33)26(35-25)29(39)36-24/h6-12,19H,13-18,20H2,1-5H3,(H2,33,34)(H,36,39). The first-order valence-electron chi connectivity index (χ1n) is 14.6. The van der Waals surface area contributed by atoms with Gasteiger partial charge in [0.05, 0.1) is 50.6 Å². The number of para-hydroxylation sites is 1. The summed E-state index contributed by atoms with van der Waals surface area (Å²) in [6.07, 6.45) is 0.960. The number of carbonyl (C=O) groups excluding carboxylic acids is 3. The summed E-state index contributed by atoms with van der Waals surface area (Å²) in [6, 6.07) is 12.1. The highest BCUT2D eigenvalue weighted by Crippen LogP contribution is 2.31. The number of ether oxygens (including phenoxy) is 4. The maximum absolute atomic E-state index is 13.5. The molecule has 4 bridgehead atoms. The predicted molar refractivity (Wildman–Crippen MR) is 168 cm³/mol. The molecule has 0 spiro atoms. The third-order valence-corrected chi connectivity index (χ3v) is 6.66. The van der Waals surface area contributed by atoms with Gasteiger partial charge < -0.3 is 39.8 Å². The molecule has 3 heterocycles. The Morgan fingerprint density at radius 1 is 1.02 bits per heavy atom. The quantitative estimate of drug-likeness (QED) is 0.403. The van der Waals surface area contributed by atoms with Gasteiger partial charge in [0.15, 0.2) is 11.5 Å². The molecule has 0 saturated heterocycles. The summed E-state index contributed by atoms with van der Waals surface area (Å²) in [6.45, 7) is 7.34. The lowest BCUT2D eigenvalue weighted by molar-refractivity contribution is 0.0273. The van der Waals surface area contributed by atoms with Crippen LogP contribution in [-0.4, -0.2) is 97.0 Å². The van der Waals surface area contributed by atoms with E-state index in [0.29, 0.717) is 60.2 Å². The number of aromatic nitrogens is 2. The molecule has 2 aliphatic heterocycles. The molecule has 2 aromatic carbocycles. The van der Waals surface area contributed by atoms with Crippen molar-refractivity contribution in [3.63, 3.8) is 0 Å². The molecule has 0 saturated carbocycles. The molecule has 240 valence electrons. The number of nitrogens with two attached hydrogens (primary N) is 1. The molecule has 0 unspecified atom stereocenters. The second-order valence-corrected chi connectivity index (χ2v) is 11.5. The number of likely N-dealkylation sites (N-methyl/N-ethyl adjacent to an activating group) is 1. The first-order valence-corrected chi connectivity index (χ1v) is 14.6. The van der Waals surface area contributed by atoms with Gasteiger partial charge in [-0.2, -0.15) is 0 Å². The second-order valence-electron chi connectivity index (χ2n) is 11.5. The maximum atomic E-state index is 13.5. The fraction of sp³-hybridized carbons (Fsp3) is 0.406. The molecule has 0 fully saturated rings. The van der Waals surface area contributed by atoms with Gasteiger partial charge in [-0.05, 0) is 39.0 Å². The number of carbonyl (C=O) groups is 3. The predicted octanol–water partition coefficient (Wildman–Crippen LogP) is 3.84. The van der Waals surface area contributed by atoms with Crippen LogP contribution in [0, 0.1) is 0 Å². The molecule has 5 rings (SSSR count). The van der Waals surface area contributed by atoms with Crippen molar-refractivity contribution in [3.8, 4) is 17.0 Å². The van der Waals surface area contributed by atoms with Gasteiger partial charge in [0, 0.05) is 37.3 Å². The lowest BCUT2D eigenvalue weighted by Crippen LogP contribution is -2.34. The minimum Gasteiger partial charge on any atom is -0.489 e. The molecular weight excluding hydrogens is 580 g/mol. The highest BCUT2D eigenvalue weighted by atomic mass is 16.6. The largest absolute Gasteiger partial charge is 0.489 e.